The predicted molar refractivity (Wildman–Crippen MR) is 62.6 cm³/mol. The molecule has 0 aliphatic heterocycles. The molecule has 0 saturated heterocycles. The molecule has 0 fully saturated rings. The van der Waals surface area contributed by atoms with Gasteiger partial charge in [0, 0.05) is 4.32 Å². The molecule has 72 valence electrons. The van der Waals surface area contributed by atoms with Gasteiger partial charge in [-0.2, -0.15) is 0 Å². The van der Waals surface area contributed by atoms with Gasteiger partial charge in [-0.1, -0.05) is 34.1 Å². The van der Waals surface area contributed by atoms with Crippen LogP contribution >= 0.6 is 15.9 Å². The fourth-order valence-electron chi connectivity index (χ4n) is 1.40. The Morgan fingerprint density at radius 3 is 2.23 bits per heavy atom. The lowest BCUT2D eigenvalue weighted by molar-refractivity contribution is 0.724. The first kappa shape index (κ1) is 10.8. The third-order valence-corrected chi connectivity index (χ3v) is 2.48. The summed E-state index contributed by atoms with van der Waals surface area (Å²) in [6.07, 6.45) is 1.08. The molecule has 0 N–H and O–H groups in total. The fraction of sp³-hybridized carbons (Fsp3) is 0.500. The van der Waals surface area contributed by atoms with Crippen molar-refractivity contribution in [3.8, 4) is 0 Å². The quantitative estimate of drug-likeness (QED) is 0.686. The van der Waals surface area contributed by atoms with Crippen molar-refractivity contribution in [2.75, 3.05) is 0 Å². The number of rotatable bonds is 2. The molecule has 0 heterocycles. The van der Waals surface area contributed by atoms with Gasteiger partial charge in [0.05, 0.1) is 0 Å². The summed E-state index contributed by atoms with van der Waals surface area (Å²) < 4.78 is 0.203. The molecule has 1 aromatic carbocycles. The zero-order chi connectivity index (χ0) is 10.1. The second kappa shape index (κ2) is 3.83. The standard InChI is InChI=1S/C12H17Br/c1-9-5-6-11(7-10(9)2)8-12(3,4)13/h5-7H,8H2,1-4H3. The molecule has 1 aromatic rings. The Hall–Kier alpha value is -0.300. The van der Waals surface area contributed by atoms with E-state index in [1.807, 2.05) is 0 Å². The molecule has 0 spiro atoms. The van der Waals surface area contributed by atoms with Crippen LogP contribution in [0.15, 0.2) is 18.2 Å². The number of aryl methyl sites for hydroxylation is 2. The van der Waals surface area contributed by atoms with E-state index in [4.69, 9.17) is 0 Å². The summed E-state index contributed by atoms with van der Waals surface area (Å²) in [5.74, 6) is 0. The lowest BCUT2D eigenvalue weighted by Crippen LogP contribution is -2.13. The van der Waals surface area contributed by atoms with Crippen LogP contribution in [0.2, 0.25) is 0 Å². The van der Waals surface area contributed by atoms with Crippen molar-refractivity contribution in [1.29, 1.82) is 0 Å². The predicted octanol–water partition coefficient (Wildman–Crippen LogP) is 4.02. The largest absolute Gasteiger partial charge is 0.0856 e. The highest BCUT2D eigenvalue weighted by atomic mass is 79.9. The minimum atomic E-state index is 0.203. The minimum absolute atomic E-state index is 0.203. The average molecular weight is 241 g/mol. The van der Waals surface area contributed by atoms with Gasteiger partial charge in [-0.05, 0) is 50.8 Å². The molecule has 0 amide bonds. The number of hydrogen-bond donors (Lipinski definition) is 0. The number of alkyl halides is 1. The first-order valence-corrected chi connectivity index (χ1v) is 5.43. The topological polar surface area (TPSA) is 0 Å². The Morgan fingerprint density at radius 1 is 1.15 bits per heavy atom. The summed E-state index contributed by atoms with van der Waals surface area (Å²) in [5.41, 5.74) is 4.16. The number of benzene rings is 1. The van der Waals surface area contributed by atoms with Crippen LogP contribution in [-0.2, 0) is 6.42 Å². The lowest BCUT2D eigenvalue weighted by atomic mass is 9.99. The van der Waals surface area contributed by atoms with Crippen molar-refractivity contribution in [2.24, 2.45) is 0 Å². The van der Waals surface area contributed by atoms with Crippen LogP contribution < -0.4 is 0 Å². The molecule has 0 aromatic heterocycles. The van der Waals surface area contributed by atoms with Crippen LogP contribution in [0.4, 0.5) is 0 Å². The zero-order valence-corrected chi connectivity index (χ0v) is 10.4. The Labute approximate surface area is 89.5 Å². The monoisotopic (exact) mass is 240 g/mol. The molecular formula is C12H17Br. The van der Waals surface area contributed by atoms with E-state index in [1.165, 1.54) is 16.7 Å². The molecular weight excluding hydrogens is 224 g/mol. The molecule has 0 aliphatic rings. The third kappa shape index (κ3) is 3.51. The zero-order valence-electron chi connectivity index (χ0n) is 8.82. The van der Waals surface area contributed by atoms with E-state index in [0.29, 0.717) is 0 Å². The summed E-state index contributed by atoms with van der Waals surface area (Å²) in [6, 6.07) is 6.69. The molecule has 1 heteroatoms. The highest BCUT2D eigenvalue weighted by Gasteiger charge is 2.13. The van der Waals surface area contributed by atoms with Crippen LogP contribution in [0.5, 0.6) is 0 Å². The molecule has 1 rings (SSSR count). The number of halogens is 1. The van der Waals surface area contributed by atoms with Crippen LogP contribution in [0.1, 0.15) is 30.5 Å². The molecule has 0 nitrogen and oxygen atoms in total. The first-order chi connectivity index (χ1) is 5.88. The second-order valence-electron chi connectivity index (χ2n) is 4.31. The maximum atomic E-state index is 3.66. The summed E-state index contributed by atoms with van der Waals surface area (Å²) in [5, 5.41) is 0. The van der Waals surface area contributed by atoms with Crippen molar-refractivity contribution >= 4 is 15.9 Å². The molecule has 0 radical (unpaired) electrons. The lowest BCUT2D eigenvalue weighted by Gasteiger charge is -2.16. The van der Waals surface area contributed by atoms with Gasteiger partial charge in [0.25, 0.3) is 0 Å². The maximum Gasteiger partial charge on any atom is 0.0242 e. The van der Waals surface area contributed by atoms with Gasteiger partial charge in [0.15, 0.2) is 0 Å². The smallest absolute Gasteiger partial charge is 0.0242 e. The summed E-state index contributed by atoms with van der Waals surface area (Å²) >= 11 is 3.66. The highest BCUT2D eigenvalue weighted by Crippen LogP contribution is 2.22. The first-order valence-electron chi connectivity index (χ1n) is 4.63. The molecule has 0 saturated carbocycles. The van der Waals surface area contributed by atoms with E-state index >= 15 is 0 Å². The van der Waals surface area contributed by atoms with Gasteiger partial charge >= 0.3 is 0 Å². The second-order valence-corrected chi connectivity index (χ2v) is 6.46. The number of hydrogen-bond acceptors (Lipinski definition) is 0. The van der Waals surface area contributed by atoms with Crippen molar-refractivity contribution in [3.63, 3.8) is 0 Å². The molecule has 0 aliphatic carbocycles. The average Bonchev–Trinajstić information content (AvgIpc) is 1.94. The van der Waals surface area contributed by atoms with Gasteiger partial charge in [-0.25, -0.2) is 0 Å². The van der Waals surface area contributed by atoms with Crippen LogP contribution in [0.3, 0.4) is 0 Å². The highest BCUT2D eigenvalue weighted by molar-refractivity contribution is 9.10. The summed E-state index contributed by atoms with van der Waals surface area (Å²) in [4.78, 5) is 0. The van der Waals surface area contributed by atoms with E-state index in [1.54, 1.807) is 0 Å². The van der Waals surface area contributed by atoms with E-state index in [2.05, 4.69) is 61.8 Å². The summed E-state index contributed by atoms with van der Waals surface area (Å²) in [6.45, 7) is 8.71. The molecule has 0 unspecified atom stereocenters. The van der Waals surface area contributed by atoms with Gasteiger partial charge in [0.2, 0.25) is 0 Å². The van der Waals surface area contributed by atoms with E-state index < -0.39 is 0 Å². The third-order valence-electron chi connectivity index (χ3n) is 2.20. The SMILES string of the molecule is Cc1ccc(CC(C)(C)Br)cc1C. The fourth-order valence-corrected chi connectivity index (χ4v) is 1.72. The maximum absolute atomic E-state index is 3.66. The van der Waals surface area contributed by atoms with Crippen LogP contribution in [0.25, 0.3) is 0 Å². The van der Waals surface area contributed by atoms with Crippen molar-refractivity contribution in [2.45, 2.75) is 38.4 Å². The Balaban J connectivity index is 2.86. The van der Waals surface area contributed by atoms with Gasteiger partial charge in [-0.15, -0.1) is 0 Å². The molecule has 13 heavy (non-hydrogen) atoms. The van der Waals surface area contributed by atoms with Gasteiger partial charge < -0.3 is 0 Å². The van der Waals surface area contributed by atoms with Gasteiger partial charge in [0.1, 0.15) is 0 Å². The normalized spacial score (nSPS) is 11.8. The summed E-state index contributed by atoms with van der Waals surface area (Å²) in [7, 11) is 0. The van der Waals surface area contributed by atoms with Crippen molar-refractivity contribution in [1.82, 2.24) is 0 Å². The minimum Gasteiger partial charge on any atom is -0.0856 e. The Bertz CT molecular complexity index is 294. The van der Waals surface area contributed by atoms with Crippen molar-refractivity contribution in [3.05, 3.63) is 34.9 Å². The van der Waals surface area contributed by atoms with E-state index in [-0.39, 0.29) is 4.32 Å². The molecule has 0 atom stereocenters. The van der Waals surface area contributed by atoms with Crippen LogP contribution in [-0.4, -0.2) is 4.32 Å². The van der Waals surface area contributed by atoms with Gasteiger partial charge in [-0.3, -0.25) is 0 Å². The van der Waals surface area contributed by atoms with E-state index in [0.717, 1.165) is 6.42 Å². The van der Waals surface area contributed by atoms with Crippen molar-refractivity contribution < 1.29 is 0 Å². The Morgan fingerprint density at radius 2 is 1.77 bits per heavy atom. The molecule has 0 bridgehead atoms. The Kier molecular flexibility index (Phi) is 3.18. The van der Waals surface area contributed by atoms with E-state index in [9.17, 15) is 0 Å². The van der Waals surface area contributed by atoms with Crippen LogP contribution in [0, 0.1) is 13.8 Å².